The molecule has 0 spiro atoms. The van der Waals surface area contributed by atoms with Crippen molar-refractivity contribution in [1.82, 2.24) is 0 Å². The van der Waals surface area contributed by atoms with E-state index in [4.69, 9.17) is 0 Å². The molecule has 0 N–H and O–H groups in total. The second-order valence-corrected chi connectivity index (χ2v) is 11.6. The first-order chi connectivity index (χ1) is 16.3. The fourth-order valence-corrected chi connectivity index (χ4v) is 5.76. The summed E-state index contributed by atoms with van der Waals surface area (Å²) in [6, 6.07) is 8.92. The van der Waals surface area contributed by atoms with Crippen molar-refractivity contribution in [3.05, 3.63) is 35.4 Å². The molecule has 0 aromatic heterocycles. The highest BCUT2D eigenvalue weighted by molar-refractivity contribution is 5.26. The number of hydrogen-bond donors (Lipinski definition) is 0. The number of benzene rings is 1. The SMILES string of the molecule is CCCCCCC(CF)C(C)(CC)Cc1cccc(CC(C)(CC)C(CF)CCCCCC)c1. The average Bonchev–Trinajstić information content (AvgIpc) is 2.84. The summed E-state index contributed by atoms with van der Waals surface area (Å²) < 4.78 is 28.3. The van der Waals surface area contributed by atoms with E-state index < -0.39 is 0 Å². The number of halogens is 2. The van der Waals surface area contributed by atoms with Crippen molar-refractivity contribution >= 4 is 0 Å². The predicted molar refractivity (Wildman–Crippen MR) is 147 cm³/mol. The number of alkyl halides is 2. The molecule has 198 valence electrons. The third-order valence-electron chi connectivity index (χ3n) is 8.98. The summed E-state index contributed by atoms with van der Waals surface area (Å²) in [5.41, 5.74) is 2.59. The fraction of sp³-hybridized carbons (Fsp3) is 0.812. The molecule has 0 aliphatic carbocycles. The molecule has 0 nitrogen and oxygen atoms in total. The summed E-state index contributed by atoms with van der Waals surface area (Å²) in [6.07, 6.45) is 15.4. The minimum atomic E-state index is -0.222. The van der Waals surface area contributed by atoms with E-state index in [0.29, 0.717) is 0 Å². The molecule has 4 unspecified atom stereocenters. The van der Waals surface area contributed by atoms with E-state index in [2.05, 4.69) is 65.8 Å². The van der Waals surface area contributed by atoms with E-state index in [0.717, 1.165) is 51.4 Å². The Morgan fingerprint density at radius 1 is 0.647 bits per heavy atom. The monoisotopic (exact) mass is 478 g/mol. The molecule has 34 heavy (non-hydrogen) atoms. The van der Waals surface area contributed by atoms with Gasteiger partial charge in [-0.2, -0.15) is 0 Å². The van der Waals surface area contributed by atoms with Crippen LogP contribution in [0.3, 0.4) is 0 Å². The smallest absolute Gasteiger partial charge is 0.0927 e. The second kappa shape index (κ2) is 16.7. The van der Waals surface area contributed by atoms with Gasteiger partial charge in [0.1, 0.15) is 0 Å². The number of rotatable bonds is 20. The highest BCUT2D eigenvalue weighted by Gasteiger charge is 2.34. The Morgan fingerprint density at radius 3 is 1.38 bits per heavy atom. The fourth-order valence-electron chi connectivity index (χ4n) is 5.76. The van der Waals surface area contributed by atoms with Crippen molar-refractivity contribution in [2.45, 2.75) is 131 Å². The lowest BCUT2D eigenvalue weighted by atomic mass is 9.68. The minimum absolute atomic E-state index is 0.0194. The lowest BCUT2D eigenvalue weighted by Gasteiger charge is -2.37. The molecule has 0 aliphatic heterocycles. The standard InChI is InChI=1S/C32H56F2/c1-7-11-13-15-20-29(25-33)31(5,9-3)23-27-18-17-19-28(22-27)24-32(6,10-4)30(26-34)21-16-14-12-8-2/h17-19,22,29-30H,7-16,20-21,23-26H2,1-6H3. The van der Waals surface area contributed by atoms with Crippen LogP contribution in [0.2, 0.25) is 0 Å². The largest absolute Gasteiger partial charge is 0.251 e. The van der Waals surface area contributed by atoms with Gasteiger partial charge in [0.25, 0.3) is 0 Å². The molecule has 0 bridgehead atoms. The van der Waals surface area contributed by atoms with Gasteiger partial charge in [-0.25, -0.2) is 0 Å². The van der Waals surface area contributed by atoms with Gasteiger partial charge in [-0.1, -0.05) is 130 Å². The third-order valence-corrected chi connectivity index (χ3v) is 8.98. The van der Waals surface area contributed by atoms with Gasteiger partial charge in [-0.15, -0.1) is 0 Å². The molecule has 2 heteroatoms. The summed E-state index contributed by atoms with van der Waals surface area (Å²) in [5.74, 6) is 0.246. The first-order valence-electron chi connectivity index (χ1n) is 14.5. The van der Waals surface area contributed by atoms with Crippen LogP contribution in [-0.2, 0) is 12.8 Å². The van der Waals surface area contributed by atoms with Gasteiger partial charge in [0.05, 0.1) is 13.3 Å². The zero-order valence-corrected chi connectivity index (χ0v) is 23.5. The molecule has 4 atom stereocenters. The van der Waals surface area contributed by atoms with Crippen LogP contribution in [0, 0.1) is 22.7 Å². The van der Waals surface area contributed by atoms with Crippen molar-refractivity contribution in [2.24, 2.45) is 22.7 Å². The topological polar surface area (TPSA) is 0 Å². The quantitative estimate of drug-likeness (QED) is 0.163. The summed E-state index contributed by atoms with van der Waals surface area (Å²) in [6.45, 7) is 13.0. The Kier molecular flexibility index (Phi) is 15.3. The lowest BCUT2D eigenvalue weighted by molar-refractivity contribution is 0.127. The number of unbranched alkanes of at least 4 members (excludes halogenated alkanes) is 6. The molecule has 1 rings (SSSR count). The van der Waals surface area contributed by atoms with Crippen LogP contribution in [-0.4, -0.2) is 13.3 Å². The van der Waals surface area contributed by atoms with Crippen molar-refractivity contribution in [2.75, 3.05) is 13.3 Å². The van der Waals surface area contributed by atoms with Crippen LogP contribution in [0.5, 0.6) is 0 Å². The lowest BCUT2D eigenvalue weighted by Crippen LogP contribution is -2.32. The van der Waals surface area contributed by atoms with Gasteiger partial charge in [0.15, 0.2) is 0 Å². The maximum Gasteiger partial charge on any atom is 0.0927 e. The van der Waals surface area contributed by atoms with E-state index in [1.165, 1.54) is 49.7 Å². The van der Waals surface area contributed by atoms with Gasteiger partial charge in [-0.05, 0) is 59.5 Å². The van der Waals surface area contributed by atoms with E-state index in [1.807, 2.05) is 0 Å². The van der Waals surface area contributed by atoms with Gasteiger partial charge in [0, 0.05) is 0 Å². The highest BCUT2D eigenvalue weighted by atomic mass is 19.1. The van der Waals surface area contributed by atoms with E-state index >= 15 is 0 Å². The van der Waals surface area contributed by atoms with Gasteiger partial charge in [0.2, 0.25) is 0 Å². The van der Waals surface area contributed by atoms with Crippen molar-refractivity contribution < 1.29 is 8.78 Å². The molecule has 1 aromatic carbocycles. The molecule has 0 aliphatic rings. The first-order valence-corrected chi connectivity index (χ1v) is 14.5. The average molecular weight is 479 g/mol. The summed E-state index contributed by atoms with van der Waals surface area (Å²) in [4.78, 5) is 0. The molecule has 1 aromatic rings. The Balaban J connectivity index is 2.93. The van der Waals surface area contributed by atoms with Crippen molar-refractivity contribution in [3.8, 4) is 0 Å². The van der Waals surface area contributed by atoms with Crippen molar-refractivity contribution in [3.63, 3.8) is 0 Å². The van der Waals surface area contributed by atoms with Gasteiger partial charge < -0.3 is 0 Å². The summed E-state index contributed by atoms with van der Waals surface area (Å²) >= 11 is 0. The predicted octanol–water partition coefficient (Wildman–Crippen LogP) is 10.7. The minimum Gasteiger partial charge on any atom is -0.251 e. The Labute approximate surface area is 211 Å². The zero-order valence-electron chi connectivity index (χ0n) is 23.5. The molecule has 0 fully saturated rings. The summed E-state index contributed by atoms with van der Waals surface area (Å²) in [5, 5.41) is 0. The van der Waals surface area contributed by atoms with Crippen LogP contribution >= 0.6 is 0 Å². The molecule has 0 saturated heterocycles. The van der Waals surface area contributed by atoms with Crippen LogP contribution < -0.4 is 0 Å². The van der Waals surface area contributed by atoms with Crippen LogP contribution in [0.1, 0.15) is 130 Å². The van der Waals surface area contributed by atoms with Crippen molar-refractivity contribution in [1.29, 1.82) is 0 Å². The van der Waals surface area contributed by atoms with E-state index in [-0.39, 0.29) is 36.0 Å². The van der Waals surface area contributed by atoms with E-state index in [9.17, 15) is 8.78 Å². The van der Waals surface area contributed by atoms with E-state index in [1.54, 1.807) is 0 Å². The maximum absolute atomic E-state index is 14.1. The second-order valence-electron chi connectivity index (χ2n) is 11.6. The molecular formula is C32H56F2. The normalized spacial score (nSPS) is 17.2. The van der Waals surface area contributed by atoms with Crippen LogP contribution in [0.25, 0.3) is 0 Å². The van der Waals surface area contributed by atoms with Crippen LogP contribution in [0.15, 0.2) is 24.3 Å². The molecule has 0 amide bonds. The Morgan fingerprint density at radius 2 is 1.06 bits per heavy atom. The number of hydrogen-bond acceptors (Lipinski definition) is 0. The molecule has 0 heterocycles. The Hall–Kier alpha value is -0.920. The molecular weight excluding hydrogens is 422 g/mol. The van der Waals surface area contributed by atoms with Gasteiger partial charge >= 0.3 is 0 Å². The summed E-state index contributed by atoms with van der Waals surface area (Å²) in [7, 11) is 0. The molecule has 0 saturated carbocycles. The van der Waals surface area contributed by atoms with Gasteiger partial charge in [-0.3, -0.25) is 8.78 Å². The van der Waals surface area contributed by atoms with Crippen LogP contribution in [0.4, 0.5) is 8.78 Å². The third kappa shape index (κ3) is 9.98. The molecule has 0 radical (unpaired) electrons. The zero-order chi connectivity index (χ0) is 25.5. The maximum atomic E-state index is 14.1. The highest BCUT2D eigenvalue weighted by Crippen LogP contribution is 2.41. The Bertz CT molecular complexity index is 590. The first kappa shape index (κ1) is 31.1.